The lowest BCUT2D eigenvalue weighted by atomic mass is 9.96. The molecule has 260 valence electrons. The van der Waals surface area contributed by atoms with E-state index in [1.54, 1.807) is 26.0 Å². The van der Waals surface area contributed by atoms with E-state index in [2.05, 4.69) is 13.2 Å². The number of aliphatic hydroxyl groups is 6. The predicted octanol–water partition coefficient (Wildman–Crippen LogP) is 0.0772. The van der Waals surface area contributed by atoms with Gasteiger partial charge in [-0.3, -0.25) is 0 Å². The van der Waals surface area contributed by atoms with Crippen LogP contribution < -0.4 is 0 Å². The van der Waals surface area contributed by atoms with E-state index in [1.165, 1.54) is 26.0 Å². The van der Waals surface area contributed by atoms with Crippen LogP contribution in [-0.2, 0) is 38.0 Å². The number of allylic oxidation sites excluding steroid dienone is 2. The van der Waals surface area contributed by atoms with Crippen LogP contribution in [0.5, 0.6) is 0 Å². The predicted molar refractivity (Wildman–Crippen MR) is 161 cm³/mol. The minimum Gasteiger partial charge on any atom is -0.459 e. The topological polar surface area (TPSA) is 211 Å². The SMILES string of the molecule is C=CC1(C)CC/C=C(\C)C(=O)OC[C@H]2O[C@@H](OC(C)(C=C)CC/C=C(\C)C(=O)OC[C@H]3O[C@@H](O1)[C@H](O)[C@@H](O)[C@@H]3O)[C@H](O)[C@H](O)[C@@H]2O. The van der Waals surface area contributed by atoms with Crippen LogP contribution in [0.25, 0.3) is 0 Å². The molecule has 14 heteroatoms. The third-order valence-electron chi connectivity index (χ3n) is 8.56. The summed E-state index contributed by atoms with van der Waals surface area (Å²) < 4.78 is 34.1. The Hall–Kier alpha value is -2.50. The van der Waals surface area contributed by atoms with E-state index >= 15 is 0 Å². The normalized spacial score (nSPS) is 45.0. The number of rotatable bonds is 2. The molecule has 3 heterocycles. The van der Waals surface area contributed by atoms with Crippen LogP contribution in [-0.4, -0.2) is 128 Å². The van der Waals surface area contributed by atoms with Crippen LogP contribution in [0.15, 0.2) is 48.6 Å². The fourth-order valence-electron chi connectivity index (χ4n) is 5.11. The Morgan fingerprint density at radius 3 is 1.33 bits per heavy atom. The van der Waals surface area contributed by atoms with E-state index in [9.17, 15) is 40.2 Å². The number of cyclic esters (lactones) is 2. The molecule has 2 fully saturated rings. The summed E-state index contributed by atoms with van der Waals surface area (Å²) in [5.41, 5.74) is -1.82. The molecule has 2 saturated heterocycles. The summed E-state index contributed by atoms with van der Waals surface area (Å²) in [6, 6.07) is 0. The van der Waals surface area contributed by atoms with Gasteiger partial charge in [0, 0.05) is 11.1 Å². The van der Waals surface area contributed by atoms with Gasteiger partial charge < -0.3 is 59.1 Å². The summed E-state index contributed by atoms with van der Waals surface area (Å²) in [6.07, 6.45) is -7.94. The van der Waals surface area contributed by atoms with Crippen LogP contribution in [0.1, 0.15) is 53.4 Å². The van der Waals surface area contributed by atoms with Crippen molar-refractivity contribution in [2.75, 3.05) is 13.2 Å². The number of carbonyl (C=O) groups excluding carboxylic acids is 2. The van der Waals surface area contributed by atoms with Crippen molar-refractivity contribution in [1.82, 2.24) is 0 Å². The number of hydrogen-bond donors (Lipinski definition) is 6. The van der Waals surface area contributed by atoms with Gasteiger partial charge in [-0.1, -0.05) is 24.3 Å². The minimum atomic E-state index is -1.66. The molecule has 46 heavy (non-hydrogen) atoms. The van der Waals surface area contributed by atoms with Crippen LogP contribution in [0.2, 0.25) is 0 Å². The minimum absolute atomic E-state index is 0.219. The maximum atomic E-state index is 12.7. The monoisotopic (exact) mass is 656 g/mol. The van der Waals surface area contributed by atoms with Gasteiger partial charge in [0.2, 0.25) is 0 Å². The average molecular weight is 657 g/mol. The molecule has 0 saturated carbocycles. The quantitative estimate of drug-likeness (QED) is 0.172. The molecule has 12 atom stereocenters. The first kappa shape index (κ1) is 38.0. The van der Waals surface area contributed by atoms with Crippen molar-refractivity contribution in [3.8, 4) is 0 Å². The lowest BCUT2D eigenvalue weighted by molar-refractivity contribution is -0.320. The van der Waals surface area contributed by atoms with Gasteiger partial charge in [-0.25, -0.2) is 9.59 Å². The van der Waals surface area contributed by atoms with Gasteiger partial charge in [-0.15, -0.1) is 13.2 Å². The van der Waals surface area contributed by atoms with Gasteiger partial charge >= 0.3 is 11.9 Å². The van der Waals surface area contributed by atoms with Crippen molar-refractivity contribution in [1.29, 1.82) is 0 Å². The summed E-state index contributed by atoms with van der Waals surface area (Å²) in [4.78, 5) is 25.5. The van der Waals surface area contributed by atoms with Gasteiger partial charge in [0.05, 0.1) is 11.2 Å². The molecule has 3 aliphatic rings. The molecule has 0 spiro atoms. The Bertz CT molecular complexity index is 1070. The number of carbonyl (C=O) groups is 2. The smallest absolute Gasteiger partial charge is 0.333 e. The summed E-state index contributed by atoms with van der Waals surface area (Å²) in [5, 5.41) is 63.2. The van der Waals surface area contributed by atoms with E-state index in [0.29, 0.717) is 0 Å². The number of esters is 2. The second kappa shape index (κ2) is 16.1. The molecular formula is C32H48O14. The molecule has 14 nitrogen and oxygen atoms in total. The fourth-order valence-corrected chi connectivity index (χ4v) is 5.11. The molecular weight excluding hydrogens is 608 g/mol. The Labute approximate surface area is 268 Å². The lowest BCUT2D eigenvalue weighted by Crippen LogP contribution is -2.60. The highest BCUT2D eigenvalue weighted by Crippen LogP contribution is 2.31. The van der Waals surface area contributed by atoms with E-state index in [1.807, 2.05) is 0 Å². The van der Waals surface area contributed by atoms with Crippen molar-refractivity contribution < 1.29 is 68.6 Å². The maximum absolute atomic E-state index is 12.7. The Morgan fingerprint density at radius 1 is 0.652 bits per heavy atom. The molecule has 0 radical (unpaired) electrons. The molecule has 0 aromatic carbocycles. The molecule has 3 rings (SSSR count). The van der Waals surface area contributed by atoms with Gasteiger partial charge in [-0.2, -0.15) is 0 Å². The third kappa shape index (κ3) is 9.31. The summed E-state index contributed by atoms with van der Waals surface area (Å²) >= 11 is 0. The molecule has 0 aromatic heterocycles. The number of fused-ring (bicyclic) bond motifs is 4. The van der Waals surface area contributed by atoms with Crippen molar-refractivity contribution in [2.24, 2.45) is 0 Å². The van der Waals surface area contributed by atoms with E-state index in [4.69, 9.17) is 28.4 Å². The number of aliphatic hydroxyl groups excluding tert-OH is 6. The van der Waals surface area contributed by atoms with E-state index < -0.39 is 97.8 Å². The van der Waals surface area contributed by atoms with Crippen LogP contribution in [0.4, 0.5) is 0 Å². The van der Waals surface area contributed by atoms with Crippen LogP contribution in [0.3, 0.4) is 0 Å². The highest BCUT2D eigenvalue weighted by Gasteiger charge is 2.48. The Balaban J connectivity index is 1.87. The van der Waals surface area contributed by atoms with Crippen molar-refractivity contribution in [3.63, 3.8) is 0 Å². The lowest BCUT2D eigenvalue weighted by Gasteiger charge is -2.43. The van der Waals surface area contributed by atoms with Crippen LogP contribution >= 0.6 is 0 Å². The Kier molecular flexibility index (Phi) is 13.3. The zero-order valence-electron chi connectivity index (χ0n) is 26.7. The van der Waals surface area contributed by atoms with Gasteiger partial charge in [-0.05, 0) is 53.4 Å². The molecule has 0 aromatic rings. The highest BCUT2D eigenvalue weighted by molar-refractivity contribution is 5.88. The highest BCUT2D eigenvalue weighted by atomic mass is 16.7. The van der Waals surface area contributed by atoms with Crippen molar-refractivity contribution in [3.05, 3.63) is 48.6 Å². The zero-order valence-corrected chi connectivity index (χ0v) is 26.7. The molecule has 4 bridgehead atoms. The number of ether oxygens (including phenoxy) is 6. The number of hydrogen-bond acceptors (Lipinski definition) is 14. The first-order valence-corrected chi connectivity index (χ1v) is 15.2. The maximum Gasteiger partial charge on any atom is 0.333 e. The molecule has 0 amide bonds. The Morgan fingerprint density at radius 2 is 1.00 bits per heavy atom. The summed E-state index contributed by atoms with van der Waals surface area (Å²) in [6.45, 7) is 13.0. The first-order chi connectivity index (χ1) is 21.5. The first-order valence-electron chi connectivity index (χ1n) is 15.2. The van der Waals surface area contributed by atoms with E-state index in [-0.39, 0.29) is 36.8 Å². The zero-order chi connectivity index (χ0) is 34.4. The van der Waals surface area contributed by atoms with Gasteiger partial charge in [0.1, 0.15) is 62.0 Å². The summed E-state index contributed by atoms with van der Waals surface area (Å²) in [5.74, 6) is -1.44. The molecule has 3 aliphatic heterocycles. The molecule has 0 aliphatic carbocycles. The molecule has 2 unspecified atom stereocenters. The van der Waals surface area contributed by atoms with Gasteiger partial charge in [0.25, 0.3) is 0 Å². The second-order valence-electron chi connectivity index (χ2n) is 12.3. The largest absolute Gasteiger partial charge is 0.459 e. The fraction of sp³-hybridized carbons (Fsp3) is 0.688. The standard InChI is InChI=1S/C32H48O14/c1-7-31(5)13-9-11-17(3)27(39)42-16-20-22(34)24(36)26(38)30(44-20)46-32(6,8-2)14-10-12-18(4)28(40)41-15-19-21(33)23(35)25(37)29(43-19)45-31/h7-8,11-12,19-26,29-30,33-38H,1-2,9-10,13-16H2,3-6H3/b17-11+,18-12+/t19-,20-,21-,22-,23-,24+,25-,26-,29+,30+,31?,32?/m1/s1. The average Bonchev–Trinajstić information content (AvgIpc) is 3.03. The molecule has 6 N–H and O–H groups in total. The van der Waals surface area contributed by atoms with Gasteiger partial charge in [0.15, 0.2) is 12.6 Å². The summed E-state index contributed by atoms with van der Waals surface area (Å²) in [7, 11) is 0. The van der Waals surface area contributed by atoms with Crippen molar-refractivity contribution in [2.45, 2.75) is 126 Å². The van der Waals surface area contributed by atoms with E-state index in [0.717, 1.165) is 0 Å². The van der Waals surface area contributed by atoms with Crippen LogP contribution in [0, 0.1) is 0 Å². The third-order valence-corrected chi connectivity index (χ3v) is 8.56. The second-order valence-corrected chi connectivity index (χ2v) is 12.3. The van der Waals surface area contributed by atoms with Crippen molar-refractivity contribution >= 4 is 11.9 Å².